The maximum absolute atomic E-state index is 8.48. The van der Waals surface area contributed by atoms with Gasteiger partial charge in [0.25, 0.3) is 0 Å². The van der Waals surface area contributed by atoms with Crippen molar-refractivity contribution in [1.29, 1.82) is 0 Å². The summed E-state index contributed by atoms with van der Waals surface area (Å²) in [6.45, 7) is 2.45. The first kappa shape index (κ1) is 12.3. The van der Waals surface area contributed by atoms with Crippen LogP contribution in [-0.2, 0) is 0 Å². The predicted octanol–water partition coefficient (Wildman–Crippen LogP) is 2.90. The summed E-state index contributed by atoms with van der Waals surface area (Å²) in [5.41, 5.74) is 0. The van der Waals surface area contributed by atoms with E-state index in [2.05, 4.69) is 24.8 Å². The first-order valence-electron chi connectivity index (χ1n) is 5.16. The van der Waals surface area contributed by atoms with E-state index in [4.69, 9.17) is 5.11 Å². The van der Waals surface area contributed by atoms with Crippen molar-refractivity contribution < 1.29 is 5.11 Å². The van der Waals surface area contributed by atoms with Crippen molar-refractivity contribution in [3.05, 3.63) is 12.2 Å². The molecule has 1 N–H and O–H groups in total. The molecule has 0 unspecified atom stereocenters. The zero-order valence-corrected chi connectivity index (χ0v) is 8.55. The van der Waals surface area contributed by atoms with E-state index in [-0.39, 0.29) is 6.61 Å². The molecule has 0 aliphatic rings. The van der Waals surface area contributed by atoms with Crippen LogP contribution in [0.25, 0.3) is 0 Å². The average molecular weight is 180 g/mol. The fourth-order valence-electron chi connectivity index (χ4n) is 0.953. The zero-order valence-electron chi connectivity index (χ0n) is 8.55. The minimum absolute atomic E-state index is 0.245. The second-order valence-corrected chi connectivity index (χ2v) is 3.05. The van der Waals surface area contributed by atoms with Gasteiger partial charge in [0.05, 0.1) is 0 Å². The Kier molecular flexibility index (Phi) is 10.6. The SMILES string of the molecule is CCCCC/C=C/C#CCCCO. The van der Waals surface area contributed by atoms with Crippen molar-refractivity contribution in [3.8, 4) is 11.8 Å². The van der Waals surface area contributed by atoms with Crippen LogP contribution in [0.2, 0.25) is 0 Å². The second-order valence-electron chi connectivity index (χ2n) is 3.05. The van der Waals surface area contributed by atoms with Gasteiger partial charge in [-0.15, -0.1) is 0 Å². The Balaban J connectivity index is 3.22. The Hall–Kier alpha value is -0.740. The molecule has 0 radical (unpaired) electrons. The smallest absolute Gasteiger partial charge is 0.0440 e. The molecular formula is C12H20O. The maximum Gasteiger partial charge on any atom is 0.0440 e. The number of hydrogen-bond acceptors (Lipinski definition) is 1. The average Bonchev–Trinajstić information content (AvgIpc) is 2.16. The molecule has 0 aromatic rings. The lowest BCUT2D eigenvalue weighted by Crippen LogP contribution is -1.78. The maximum atomic E-state index is 8.48. The Labute approximate surface area is 81.9 Å². The van der Waals surface area contributed by atoms with E-state index in [9.17, 15) is 0 Å². The Morgan fingerprint density at radius 1 is 1.23 bits per heavy atom. The molecule has 0 aliphatic carbocycles. The van der Waals surface area contributed by atoms with Crippen LogP contribution < -0.4 is 0 Å². The first-order valence-corrected chi connectivity index (χ1v) is 5.16. The molecule has 13 heavy (non-hydrogen) atoms. The lowest BCUT2D eigenvalue weighted by Gasteiger charge is -1.89. The summed E-state index contributed by atoms with van der Waals surface area (Å²) in [7, 11) is 0. The summed E-state index contributed by atoms with van der Waals surface area (Å²) >= 11 is 0. The van der Waals surface area contributed by atoms with Crippen molar-refractivity contribution in [2.45, 2.75) is 45.4 Å². The molecule has 0 spiro atoms. The second kappa shape index (κ2) is 11.3. The molecule has 0 saturated carbocycles. The highest BCUT2D eigenvalue weighted by Crippen LogP contribution is 1.98. The molecule has 0 rings (SSSR count). The van der Waals surface area contributed by atoms with Gasteiger partial charge in [-0.3, -0.25) is 0 Å². The molecule has 1 heteroatoms. The third kappa shape index (κ3) is 11.3. The van der Waals surface area contributed by atoms with E-state index in [1.54, 1.807) is 0 Å². The van der Waals surface area contributed by atoms with E-state index in [0.717, 1.165) is 19.3 Å². The Morgan fingerprint density at radius 2 is 2.08 bits per heavy atom. The van der Waals surface area contributed by atoms with Crippen molar-refractivity contribution in [3.63, 3.8) is 0 Å². The molecule has 0 aliphatic heterocycles. The van der Waals surface area contributed by atoms with Crippen LogP contribution >= 0.6 is 0 Å². The summed E-state index contributed by atoms with van der Waals surface area (Å²) in [5, 5.41) is 8.48. The van der Waals surface area contributed by atoms with Crippen LogP contribution in [0.4, 0.5) is 0 Å². The lowest BCUT2D eigenvalue weighted by molar-refractivity contribution is 0.290. The number of hydrogen-bond donors (Lipinski definition) is 1. The molecule has 74 valence electrons. The molecule has 0 fully saturated rings. The monoisotopic (exact) mass is 180 g/mol. The summed E-state index contributed by atoms with van der Waals surface area (Å²) in [5.74, 6) is 5.94. The molecule has 0 atom stereocenters. The first-order chi connectivity index (χ1) is 6.41. The van der Waals surface area contributed by atoms with Gasteiger partial charge in [0, 0.05) is 13.0 Å². The fraction of sp³-hybridized carbons (Fsp3) is 0.667. The van der Waals surface area contributed by atoms with Crippen LogP contribution in [0, 0.1) is 11.8 Å². The van der Waals surface area contributed by atoms with E-state index in [1.807, 2.05) is 6.08 Å². The van der Waals surface area contributed by atoms with E-state index >= 15 is 0 Å². The molecular weight excluding hydrogens is 160 g/mol. The summed E-state index contributed by atoms with van der Waals surface area (Å²) in [6, 6.07) is 0. The summed E-state index contributed by atoms with van der Waals surface area (Å²) in [6.07, 6.45) is 10.6. The fourth-order valence-corrected chi connectivity index (χ4v) is 0.953. The van der Waals surface area contributed by atoms with Crippen LogP contribution in [0.5, 0.6) is 0 Å². The summed E-state index contributed by atoms with van der Waals surface area (Å²) in [4.78, 5) is 0. The molecule has 0 aromatic heterocycles. The van der Waals surface area contributed by atoms with Crippen LogP contribution in [0.3, 0.4) is 0 Å². The van der Waals surface area contributed by atoms with Crippen molar-refractivity contribution in [2.75, 3.05) is 6.61 Å². The van der Waals surface area contributed by atoms with Gasteiger partial charge in [-0.05, 0) is 25.3 Å². The van der Waals surface area contributed by atoms with E-state index < -0.39 is 0 Å². The number of aliphatic hydroxyl groups is 1. The quantitative estimate of drug-likeness (QED) is 0.492. The van der Waals surface area contributed by atoms with Gasteiger partial charge in [0.15, 0.2) is 0 Å². The molecule has 0 saturated heterocycles. The van der Waals surface area contributed by atoms with Gasteiger partial charge >= 0.3 is 0 Å². The number of allylic oxidation sites excluding steroid dienone is 2. The topological polar surface area (TPSA) is 20.2 Å². The van der Waals surface area contributed by atoms with E-state index in [1.165, 1.54) is 19.3 Å². The van der Waals surface area contributed by atoms with Gasteiger partial charge in [-0.25, -0.2) is 0 Å². The predicted molar refractivity (Wildman–Crippen MR) is 57.4 cm³/mol. The molecule has 0 amide bonds. The van der Waals surface area contributed by atoms with Crippen molar-refractivity contribution >= 4 is 0 Å². The van der Waals surface area contributed by atoms with Crippen LogP contribution in [0.1, 0.15) is 45.4 Å². The molecule has 1 nitrogen and oxygen atoms in total. The molecule has 0 heterocycles. The lowest BCUT2D eigenvalue weighted by atomic mass is 10.2. The number of rotatable bonds is 6. The Bertz CT molecular complexity index is 171. The van der Waals surface area contributed by atoms with Gasteiger partial charge in [0.2, 0.25) is 0 Å². The van der Waals surface area contributed by atoms with E-state index in [0.29, 0.717) is 0 Å². The standard InChI is InChI=1S/C12H20O/c1-2-3-4-5-6-7-8-9-10-11-12-13/h6-7,13H,2-5,10-12H2,1H3/b7-6+. The molecule has 0 aromatic carbocycles. The van der Waals surface area contributed by atoms with Gasteiger partial charge < -0.3 is 5.11 Å². The van der Waals surface area contributed by atoms with Crippen molar-refractivity contribution in [2.24, 2.45) is 0 Å². The summed E-state index contributed by atoms with van der Waals surface area (Å²) < 4.78 is 0. The number of unbranched alkanes of at least 4 members (excludes halogenated alkanes) is 4. The normalized spacial score (nSPS) is 10.0. The molecule has 0 bridgehead atoms. The minimum Gasteiger partial charge on any atom is -0.396 e. The zero-order chi connectivity index (χ0) is 9.78. The number of aliphatic hydroxyl groups excluding tert-OH is 1. The highest BCUT2D eigenvalue weighted by Gasteiger charge is 1.80. The Morgan fingerprint density at radius 3 is 2.77 bits per heavy atom. The highest BCUT2D eigenvalue weighted by atomic mass is 16.2. The largest absolute Gasteiger partial charge is 0.396 e. The van der Waals surface area contributed by atoms with Crippen LogP contribution in [-0.4, -0.2) is 11.7 Å². The van der Waals surface area contributed by atoms with Gasteiger partial charge in [-0.2, -0.15) is 0 Å². The van der Waals surface area contributed by atoms with Gasteiger partial charge in [0.1, 0.15) is 0 Å². The van der Waals surface area contributed by atoms with Crippen molar-refractivity contribution in [1.82, 2.24) is 0 Å². The van der Waals surface area contributed by atoms with Gasteiger partial charge in [-0.1, -0.05) is 37.7 Å². The van der Waals surface area contributed by atoms with Crippen LogP contribution in [0.15, 0.2) is 12.2 Å². The third-order valence-corrected chi connectivity index (χ3v) is 1.74. The third-order valence-electron chi connectivity index (χ3n) is 1.74. The highest BCUT2D eigenvalue weighted by molar-refractivity contribution is 5.14. The minimum atomic E-state index is 0.245.